The molecule has 0 aliphatic heterocycles. The van der Waals surface area contributed by atoms with Gasteiger partial charge in [0.05, 0.1) is 6.04 Å². The molecule has 1 atom stereocenters. The average Bonchev–Trinajstić information content (AvgIpc) is 2.40. The highest BCUT2D eigenvalue weighted by atomic mass is 35.5. The molecule has 0 aliphatic rings. The van der Waals surface area contributed by atoms with Crippen molar-refractivity contribution in [3.05, 3.63) is 63.7 Å². The molecule has 0 aromatic heterocycles. The standard InChI is InChI=1S/C16H20ClN3/c1-10-3-4-11(2)12(7-10)8-16(20-19)14-6-5-13(17)9-15(14)18/h3-7,9,16,20H,8,18-19H2,1-2H3. The number of hydrazine groups is 1. The summed E-state index contributed by atoms with van der Waals surface area (Å²) in [5, 5.41) is 0.633. The summed E-state index contributed by atoms with van der Waals surface area (Å²) < 4.78 is 0. The van der Waals surface area contributed by atoms with Gasteiger partial charge in [-0.2, -0.15) is 0 Å². The third-order valence-electron chi connectivity index (χ3n) is 3.55. The van der Waals surface area contributed by atoms with Crippen LogP contribution in [0.25, 0.3) is 0 Å². The molecule has 0 heterocycles. The Morgan fingerprint density at radius 1 is 1.15 bits per heavy atom. The number of hydrogen-bond donors (Lipinski definition) is 3. The lowest BCUT2D eigenvalue weighted by atomic mass is 9.94. The Hall–Kier alpha value is -1.55. The summed E-state index contributed by atoms with van der Waals surface area (Å²) in [4.78, 5) is 0. The lowest BCUT2D eigenvalue weighted by Gasteiger charge is -2.20. The van der Waals surface area contributed by atoms with E-state index in [1.165, 1.54) is 16.7 Å². The van der Waals surface area contributed by atoms with Gasteiger partial charge in [0.25, 0.3) is 0 Å². The maximum absolute atomic E-state index is 6.04. The Kier molecular flexibility index (Phi) is 4.65. The summed E-state index contributed by atoms with van der Waals surface area (Å²) in [5.74, 6) is 5.71. The fourth-order valence-corrected chi connectivity index (χ4v) is 2.54. The van der Waals surface area contributed by atoms with E-state index in [9.17, 15) is 0 Å². The molecule has 0 bridgehead atoms. The zero-order valence-electron chi connectivity index (χ0n) is 11.8. The predicted octanol–water partition coefficient (Wildman–Crippen LogP) is 3.29. The minimum absolute atomic E-state index is 0.0345. The van der Waals surface area contributed by atoms with Crippen molar-refractivity contribution in [2.45, 2.75) is 26.3 Å². The molecule has 5 N–H and O–H groups in total. The average molecular weight is 290 g/mol. The largest absolute Gasteiger partial charge is 0.398 e. The lowest BCUT2D eigenvalue weighted by Crippen LogP contribution is -2.30. The van der Waals surface area contributed by atoms with Crippen LogP contribution < -0.4 is 17.0 Å². The van der Waals surface area contributed by atoms with Crippen molar-refractivity contribution >= 4 is 17.3 Å². The molecule has 0 saturated carbocycles. The Morgan fingerprint density at radius 3 is 2.55 bits per heavy atom. The van der Waals surface area contributed by atoms with Crippen molar-refractivity contribution in [2.24, 2.45) is 5.84 Å². The van der Waals surface area contributed by atoms with Crippen LogP contribution in [0.2, 0.25) is 5.02 Å². The fourth-order valence-electron chi connectivity index (χ4n) is 2.36. The molecule has 1 unspecified atom stereocenters. The maximum Gasteiger partial charge on any atom is 0.0520 e. The lowest BCUT2D eigenvalue weighted by molar-refractivity contribution is 0.552. The molecule has 0 spiro atoms. The number of halogens is 1. The fraction of sp³-hybridized carbons (Fsp3) is 0.250. The molecule has 0 aliphatic carbocycles. The zero-order valence-corrected chi connectivity index (χ0v) is 12.5. The van der Waals surface area contributed by atoms with Gasteiger partial charge in [0.15, 0.2) is 0 Å². The highest BCUT2D eigenvalue weighted by Gasteiger charge is 2.15. The number of anilines is 1. The molecular weight excluding hydrogens is 270 g/mol. The SMILES string of the molecule is Cc1ccc(C)c(CC(NN)c2ccc(Cl)cc2N)c1. The summed E-state index contributed by atoms with van der Waals surface area (Å²) >= 11 is 5.94. The second-order valence-corrected chi connectivity index (χ2v) is 5.56. The highest BCUT2D eigenvalue weighted by molar-refractivity contribution is 6.30. The van der Waals surface area contributed by atoms with E-state index >= 15 is 0 Å². The number of benzene rings is 2. The first-order chi connectivity index (χ1) is 9.51. The third-order valence-corrected chi connectivity index (χ3v) is 3.79. The Balaban J connectivity index is 2.31. The van der Waals surface area contributed by atoms with Gasteiger partial charge in [-0.25, -0.2) is 0 Å². The van der Waals surface area contributed by atoms with Crippen molar-refractivity contribution in [1.82, 2.24) is 5.43 Å². The predicted molar refractivity (Wildman–Crippen MR) is 85.5 cm³/mol. The van der Waals surface area contributed by atoms with Gasteiger partial charge in [-0.15, -0.1) is 0 Å². The van der Waals surface area contributed by atoms with E-state index in [4.69, 9.17) is 23.2 Å². The van der Waals surface area contributed by atoms with E-state index in [0.717, 1.165) is 12.0 Å². The minimum Gasteiger partial charge on any atom is -0.398 e. The van der Waals surface area contributed by atoms with Gasteiger partial charge in [-0.05, 0) is 49.1 Å². The first-order valence-electron chi connectivity index (χ1n) is 6.58. The summed E-state index contributed by atoms with van der Waals surface area (Å²) in [5.41, 5.74) is 14.3. The Morgan fingerprint density at radius 2 is 1.90 bits per heavy atom. The van der Waals surface area contributed by atoms with Crippen LogP contribution in [0, 0.1) is 13.8 Å². The molecule has 0 amide bonds. The zero-order chi connectivity index (χ0) is 14.7. The van der Waals surface area contributed by atoms with Crippen LogP contribution in [-0.2, 0) is 6.42 Å². The molecule has 0 radical (unpaired) electrons. The highest BCUT2D eigenvalue weighted by Crippen LogP contribution is 2.27. The second kappa shape index (κ2) is 6.27. The maximum atomic E-state index is 6.04. The first kappa shape index (κ1) is 14.9. The molecular formula is C16H20ClN3. The van der Waals surface area contributed by atoms with E-state index < -0.39 is 0 Å². The number of rotatable bonds is 4. The van der Waals surface area contributed by atoms with Crippen molar-refractivity contribution < 1.29 is 0 Å². The van der Waals surface area contributed by atoms with E-state index in [1.54, 1.807) is 6.07 Å². The number of nitrogens with one attached hydrogen (secondary N) is 1. The summed E-state index contributed by atoms with van der Waals surface area (Å²) in [7, 11) is 0. The molecule has 2 aromatic carbocycles. The van der Waals surface area contributed by atoms with Gasteiger partial charge in [0, 0.05) is 10.7 Å². The summed E-state index contributed by atoms with van der Waals surface area (Å²) in [6.07, 6.45) is 0.788. The molecule has 3 nitrogen and oxygen atoms in total. The second-order valence-electron chi connectivity index (χ2n) is 5.13. The third kappa shape index (κ3) is 3.31. The van der Waals surface area contributed by atoms with Crippen LogP contribution in [-0.4, -0.2) is 0 Å². The number of nitrogens with two attached hydrogens (primary N) is 2. The minimum atomic E-state index is -0.0345. The van der Waals surface area contributed by atoms with E-state index in [2.05, 4.69) is 37.5 Å². The molecule has 0 saturated heterocycles. The first-order valence-corrected chi connectivity index (χ1v) is 6.96. The topological polar surface area (TPSA) is 64.1 Å². The number of hydrogen-bond acceptors (Lipinski definition) is 3. The van der Waals surface area contributed by atoms with Gasteiger partial charge in [-0.3, -0.25) is 11.3 Å². The Bertz CT molecular complexity index is 611. The van der Waals surface area contributed by atoms with Crippen molar-refractivity contribution in [3.63, 3.8) is 0 Å². The summed E-state index contributed by atoms with van der Waals surface area (Å²) in [6.45, 7) is 4.19. The van der Waals surface area contributed by atoms with Gasteiger partial charge in [-0.1, -0.05) is 41.4 Å². The van der Waals surface area contributed by atoms with Crippen LogP contribution in [0.1, 0.15) is 28.3 Å². The van der Waals surface area contributed by atoms with E-state index in [0.29, 0.717) is 10.7 Å². The van der Waals surface area contributed by atoms with Crippen LogP contribution in [0.3, 0.4) is 0 Å². The van der Waals surface area contributed by atoms with Gasteiger partial charge in [0.2, 0.25) is 0 Å². The van der Waals surface area contributed by atoms with Crippen LogP contribution in [0.5, 0.6) is 0 Å². The van der Waals surface area contributed by atoms with Gasteiger partial charge >= 0.3 is 0 Å². The van der Waals surface area contributed by atoms with Crippen LogP contribution in [0.4, 0.5) is 5.69 Å². The van der Waals surface area contributed by atoms with E-state index in [-0.39, 0.29) is 6.04 Å². The number of nitrogen functional groups attached to an aromatic ring is 1. The molecule has 106 valence electrons. The van der Waals surface area contributed by atoms with Gasteiger partial charge < -0.3 is 5.73 Å². The monoisotopic (exact) mass is 289 g/mol. The van der Waals surface area contributed by atoms with E-state index in [1.807, 2.05) is 12.1 Å². The number of aryl methyl sites for hydroxylation is 2. The van der Waals surface area contributed by atoms with Crippen LogP contribution >= 0.6 is 11.6 Å². The van der Waals surface area contributed by atoms with Crippen molar-refractivity contribution in [1.29, 1.82) is 0 Å². The molecule has 2 aromatic rings. The van der Waals surface area contributed by atoms with Gasteiger partial charge in [0.1, 0.15) is 0 Å². The Labute approximate surface area is 124 Å². The van der Waals surface area contributed by atoms with Crippen molar-refractivity contribution in [2.75, 3.05) is 5.73 Å². The molecule has 0 fully saturated rings. The quantitative estimate of drug-likeness (QED) is 0.460. The molecule has 4 heteroatoms. The summed E-state index contributed by atoms with van der Waals surface area (Å²) in [6, 6.07) is 11.9. The van der Waals surface area contributed by atoms with Crippen molar-refractivity contribution in [3.8, 4) is 0 Å². The normalized spacial score (nSPS) is 12.4. The molecule has 20 heavy (non-hydrogen) atoms. The van der Waals surface area contributed by atoms with Crippen LogP contribution in [0.15, 0.2) is 36.4 Å². The smallest absolute Gasteiger partial charge is 0.0520 e. The molecule has 2 rings (SSSR count).